The van der Waals surface area contributed by atoms with E-state index in [9.17, 15) is 0 Å². The quantitative estimate of drug-likeness (QED) is 0.257. The molecule has 0 fully saturated rings. The van der Waals surface area contributed by atoms with E-state index in [1.807, 2.05) is 0 Å². The predicted molar refractivity (Wildman–Crippen MR) is 92.3 cm³/mol. The second-order valence-electron chi connectivity index (χ2n) is 6.09. The van der Waals surface area contributed by atoms with Gasteiger partial charge in [0, 0.05) is 12.8 Å². The molecule has 0 N–H and O–H groups in total. The maximum absolute atomic E-state index is 3.88. The van der Waals surface area contributed by atoms with E-state index in [-0.39, 0.29) is 0 Å². The molecule has 0 aliphatic carbocycles. The summed E-state index contributed by atoms with van der Waals surface area (Å²) in [6.45, 7) is 10.0. The van der Waals surface area contributed by atoms with Gasteiger partial charge in [-0.1, -0.05) is 85.0 Å². The van der Waals surface area contributed by atoms with Gasteiger partial charge in [0.15, 0.2) is 0 Å². The smallest absolute Gasteiger partial charge is 0.0114 e. The molecule has 0 nitrogen and oxygen atoms in total. The summed E-state index contributed by atoms with van der Waals surface area (Å²) in [5, 5.41) is 0. The van der Waals surface area contributed by atoms with Crippen molar-refractivity contribution in [3.63, 3.8) is 0 Å². The van der Waals surface area contributed by atoms with E-state index in [2.05, 4.69) is 32.6 Å². The van der Waals surface area contributed by atoms with Gasteiger partial charge < -0.3 is 0 Å². The Hall–Kier alpha value is -0.440. The molecule has 0 saturated heterocycles. The van der Waals surface area contributed by atoms with Gasteiger partial charge in [0.05, 0.1) is 0 Å². The summed E-state index contributed by atoms with van der Waals surface area (Å²) in [5.74, 6) is 7.24. The van der Waals surface area contributed by atoms with Gasteiger partial charge in [-0.25, -0.2) is 0 Å². The fraction of sp³-hybridized carbons (Fsp3) is 0.800. The van der Waals surface area contributed by atoms with Gasteiger partial charge in [0.25, 0.3) is 0 Å². The maximum atomic E-state index is 3.88. The largest absolute Gasteiger partial charge is 0.103 e. The van der Waals surface area contributed by atoms with Crippen molar-refractivity contribution in [2.45, 2.75) is 96.8 Å². The second-order valence-corrected chi connectivity index (χ2v) is 6.09. The van der Waals surface area contributed by atoms with Crippen LogP contribution in [0.3, 0.4) is 0 Å². The molecule has 2 radical (unpaired) electrons. The normalized spacial score (nSPS) is 11.9. The van der Waals surface area contributed by atoms with Crippen LogP contribution in [0, 0.1) is 31.6 Å². The van der Waals surface area contributed by atoms with Crippen LogP contribution in [0.15, 0.2) is 0 Å². The number of hydrogen-bond acceptors (Lipinski definition) is 0. The average molecular weight is 277 g/mol. The molecular weight excluding hydrogens is 240 g/mol. The highest BCUT2D eigenvalue weighted by Crippen LogP contribution is 2.15. The molecule has 0 aliphatic rings. The third-order valence-electron chi connectivity index (χ3n) is 3.82. The van der Waals surface area contributed by atoms with Crippen molar-refractivity contribution in [3.8, 4) is 11.8 Å². The lowest BCUT2D eigenvalue weighted by Gasteiger charge is -2.07. The minimum atomic E-state index is 0.773. The summed E-state index contributed by atoms with van der Waals surface area (Å²) < 4.78 is 0. The van der Waals surface area contributed by atoms with Crippen molar-refractivity contribution < 1.29 is 0 Å². The van der Waals surface area contributed by atoms with Crippen LogP contribution in [0.2, 0.25) is 0 Å². The van der Waals surface area contributed by atoms with E-state index in [1.54, 1.807) is 0 Å². The van der Waals surface area contributed by atoms with Gasteiger partial charge in [-0.2, -0.15) is 0 Å². The van der Waals surface area contributed by atoms with Gasteiger partial charge in [-0.15, -0.1) is 11.8 Å². The standard InChI is InChI=1S/C20H36/c1-4-6-8-10-11-12-13-14-15-17-19-20(3)18-16-9-7-5-2/h20H,1-2,4-8,10-15,17-19H2,3H3. The second kappa shape index (κ2) is 16.6. The molecular formula is C20H36. The topological polar surface area (TPSA) is 0 Å². The molecule has 0 aromatic rings. The van der Waals surface area contributed by atoms with Crippen LogP contribution in [-0.2, 0) is 0 Å². The molecule has 0 heteroatoms. The molecule has 0 amide bonds. The Bertz CT molecular complexity index is 230. The fourth-order valence-corrected chi connectivity index (χ4v) is 2.43. The molecule has 0 spiro atoms. The maximum Gasteiger partial charge on any atom is 0.0114 e. The molecule has 1 unspecified atom stereocenters. The Morgan fingerprint density at radius 2 is 1.25 bits per heavy atom. The van der Waals surface area contributed by atoms with E-state index in [0.29, 0.717) is 0 Å². The van der Waals surface area contributed by atoms with Crippen LogP contribution in [0.4, 0.5) is 0 Å². The minimum absolute atomic E-state index is 0.773. The molecule has 0 bridgehead atoms. The zero-order chi connectivity index (χ0) is 14.9. The van der Waals surface area contributed by atoms with Crippen molar-refractivity contribution in [2.75, 3.05) is 0 Å². The first kappa shape index (κ1) is 19.6. The molecule has 20 heavy (non-hydrogen) atoms. The third-order valence-corrected chi connectivity index (χ3v) is 3.82. The van der Waals surface area contributed by atoms with Crippen LogP contribution >= 0.6 is 0 Å². The molecule has 0 rings (SSSR count). The summed E-state index contributed by atoms with van der Waals surface area (Å²) in [6, 6.07) is 0. The van der Waals surface area contributed by atoms with Crippen molar-refractivity contribution >= 4 is 0 Å². The van der Waals surface area contributed by atoms with Gasteiger partial charge in [0.1, 0.15) is 0 Å². The van der Waals surface area contributed by atoms with Gasteiger partial charge in [-0.3, -0.25) is 0 Å². The first-order valence-corrected chi connectivity index (χ1v) is 8.85. The van der Waals surface area contributed by atoms with E-state index >= 15 is 0 Å². The SMILES string of the molecule is [CH2]CCC#CCC(C)CCCCCCCCCCC[CH2]. The fourth-order valence-electron chi connectivity index (χ4n) is 2.43. The summed E-state index contributed by atoms with van der Waals surface area (Å²) in [6.07, 6.45) is 18.1. The molecule has 0 aromatic heterocycles. The zero-order valence-corrected chi connectivity index (χ0v) is 13.9. The molecule has 0 aliphatic heterocycles. The first-order chi connectivity index (χ1) is 9.81. The van der Waals surface area contributed by atoms with Gasteiger partial charge in [0.2, 0.25) is 0 Å². The van der Waals surface area contributed by atoms with Gasteiger partial charge in [-0.05, 0) is 18.8 Å². The van der Waals surface area contributed by atoms with Crippen LogP contribution < -0.4 is 0 Å². The van der Waals surface area contributed by atoms with Crippen molar-refractivity contribution in [1.29, 1.82) is 0 Å². The highest BCUT2D eigenvalue weighted by molar-refractivity contribution is 4.99. The Labute approximate surface area is 129 Å². The zero-order valence-electron chi connectivity index (χ0n) is 13.9. The number of unbranched alkanes of at least 4 members (excludes halogenated alkanes) is 10. The Morgan fingerprint density at radius 3 is 1.80 bits per heavy atom. The van der Waals surface area contributed by atoms with E-state index in [1.165, 1.54) is 64.2 Å². The van der Waals surface area contributed by atoms with Crippen LogP contribution in [0.1, 0.15) is 96.8 Å². The van der Waals surface area contributed by atoms with Gasteiger partial charge >= 0.3 is 0 Å². The first-order valence-electron chi connectivity index (χ1n) is 8.85. The summed E-state index contributed by atoms with van der Waals surface area (Å²) >= 11 is 0. The molecule has 0 saturated carbocycles. The number of rotatable bonds is 13. The van der Waals surface area contributed by atoms with E-state index in [4.69, 9.17) is 0 Å². The lowest BCUT2D eigenvalue weighted by atomic mass is 9.99. The van der Waals surface area contributed by atoms with E-state index in [0.717, 1.165) is 31.6 Å². The number of hydrogen-bond donors (Lipinski definition) is 0. The summed E-state index contributed by atoms with van der Waals surface area (Å²) in [4.78, 5) is 0. The van der Waals surface area contributed by atoms with Crippen LogP contribution in [-0.4, -0.2) is 0 Å². The third kappa shape index (κ3) is 15.6. The van der Waals surface area contributed by atoms with Crippen molar-refractivity contribution in [1.82, 2.24) is 0 Å². The highest BCUT2D eigenvalue weighted by Gasteiger charge is 1.99. The van der Waals surface area contributed by atoms with Crippen molar-refractivity contribution in [2.24, 2.45) is 5.92 Å². The monoisotopic (exact) mass is 276 g/mol. The van der Waals surface area contributed by atoms with Crippen LogP contribution in [0.25, 0.3) is 0 Å². The lowest BCUT2D eigenvalue weighted by Crippen LogP contribution is -1.93. The average Bonchev–Trinajstić information content (AvgIpc) is 2.45. The summed E-state index contributed by atoms with van der Waals surface area (Å²) in [5.41, 5.74) is 0. The minimum Gasteiger partial charge on any atom is -0.103 e. The predicted octanol–water partition coefficient (Wildman–Crippen LogP) is 6.76. The summed E-state index contributed by atoms with van der Waals surface area (Å²) in [7, 11) is 0. The Kier molecular flexibility index (Phi) is 16.2. The molecule has 0 aromatic carbocycles. The molecule has 116 valence electrons. The Balaban J connectivity index is 3.17. The molecule has 0 heterocycles. The highest BCUT2D eigenvalue weighted by atomic mass is 14.0. The van der Waals surface area contributed by atoms with E-state index < -0.39 is 0 Å². The van der Waals surface area contributed by atoms with Crippen molar-refractivity contribution in [3.05, 3.63) is 13.8 Å². The molecule has 1 atom stereocenters. The lowest BCUT2D eigenvalue weighted by molar-refractivity contribution is 0.487. The Morgan fingerprint density at radius 1 is 0.700 bits per heavy atom. The van der Waals surface area contributed by atoms with Crippen LogP contribution in [0.5, 0.6) is 0 Å².